The van der Waals surface area contributed by atoms with E-state index in [1.807, 2.05) is 54.7 Å². The van der Waals surface area contributed by atoms with Crippen molar-refractivity contribution < 1.29 is 23.9 Å². The predicted octanol–water partition coefficient (Wildman–Crippen LogP) is 6.34. The number of nitrogens with one attached hydrogen (secondary N) is 1. The van der Waals surface area contributed by atoms with Crippen LogP contribution in [0, 0.1) is 10.1 Å². The molecule has 0 aliphatic carbocycles. The van der Waals surface area contributed by atoms with E-state index >= 15 is 0 Å². The van der Waals surface area contributed by atoms with Gasteiger partial charge in [0.2, 0.25) is 0 Å². The fourth-order valence-corrected chi connectivity index (χ4v) is 7.05. The van der Waals surface area contributed by atoms with Crippen LogP contribution in [0.1, 0.15) is 28.2 Å². The maximum absolute atomic E-state index is 12.2. The maximum Gasteiger partial charge on any atom is 0.277 e. The van der Waals surface area contributed by atoms with Crippen LogP contribution in [-0.4, -0.2) is 41.8 Å². The molecule has 0 saturated carbocycles. The average molecular weight is 633 g/mol. The van der Waals surface area contributed by atoms with Gasteiger partial charge in [0, 0.05) is 23.6 Å². The predicted molar refractivity (Wildman–Crippen MR) is 158 cm³/mol. The Morgan fingerprint density at radius 1 is 1.13 bits per heavy atom. The van der Waals surface area contributed by atoms with Crippen molar-refractivity contribution in [2.75, 3.05) is 24.7 Å². The minimum absolute atomic E-state index is 0.00482. The Morgan fingerprint density at radius 3 is 2.62 bits per heavy atom. The summed E-state index contributed by atoms with van der Waals surface area (Å²) in [5, 5.41) is 15.1. The molecule has 12 heteroatoms. The van der Waals surface area contributed by atoms with Crippen LogP contribution >= 0.6 is 39.5 Å². The number of hydrogen-bond acceptors (Lipinski definition) is 9. The lowest BCUT2D eigenvalue weighted by molar-refractivity contribution is -0.384. The SMILES string of the molecule is CCOc1cc(/C=N\NC(=O)COc2ccc(C3SCCS3)cc2)cc(Br)c1OCc1cccc([N+](=O)[O-])c1. The minimum Gasteiger partial charge on any atom is -0.490 e. The highest BCUT2D eigenvalue weighted by atomic mass is 79.9. The number of thioether (sulfide) groups is 2. The lowest BCUT2D eigenvalue weighted by Gasteiger charge is -2.14. The van der Waals surface area contributed by atoms with Crippen LogP contribution in [0.25, 0.3) is 0 Å². The lowest BCUT2D eigenvalue weighted by atomic mass is 10.2. The van der Waals surface area contributed by atoms with Crippen molar-refractivity contribution in [3.05, 3.63) is 91.9 Å². The van der Waals surface area contributed by atoms with Gasteiger partial charge in [-0.25, -0.2) is 5.43 Å². The molecule has 204 valence electrons. The number of nitrogens with zero attached hydrogens (tertiary/aromatic N) is 2. The summed E-state index contributed by atoms with van der Waals surface area (Å²) < 4.78 is 18.3. The van der Waals surface area contributed by atoms with Crippen molar-refractivity contribution in [2.45, 2.75) is 18.1 Å². The van der Waals surface area contributed by atoms with Gasteiger partial charge in [-0.15, -0.1) is 23.5 Å². The van der Waals surface area contributed by atoms with Gasteiger partial charge in [-0.3, -0.25) is 14.9 Å². The van der Waals surface area contributed by atoms with E-state index in [0.717, 1.165) is 0 Å². The molecule has 1 amide bonds. The Bertz CT molecular complexity index is 1330. The van der Waals surface area contributed by atoms with Crippen LogP contribution in [0.3, 0.4) is 0 Å². The van der Waals surface area contributed by atoms with Crippen molar-refractivity contribution in [3.8, 4) is 17.2 Å². The molecule has 1 aliphatic rings. The summed E-state index contributed by atoms with van der Waals surface area (Å²) >= 11 is 7.37. The molecule has 0 aromatic heterocycles. The number of nitro benzene ring substituents is 1. The van der Waals surface area contributed by atoms with Gasteiger partial charge < -0.3 is 14.2 Å². The maximum atomic E-state index is 12.2. The minimum atomic E-state index is -0.448. The first kappa shape index (κ1) is 28.8. The van der Waals surface area contributed by atoms with Crippen LogP contribution in [-0.2, 0) is 11.4 Å². The Morgan fingerprint density at radius 2 is 1.90 bits per heavy atom. The number of carbonyl (C=O) groups excluding carboxylic acids is 1. The average Bonchev–Trinajstić information content (AvgIpc) is 3.47. The third-order valence-electron chi connectivity index (χ3n) is 5.38. The molecule has 1 fully saturated rings. The van der Waals surface area contributed by atoms with Crippen LogP contribution in [0.5, 0.6) is 17.2 Å². The van der Waals surface area contributed by atoms with E-state index in [9.17, 15) is 14.9 Å². The normalized spacial score (nSPS) is 13.4. The molecule has 3 aromatic rings. The van der Waals surface area contributed by atoms with E-state index in [2.05, 4.69) is 26.5 Å². The zero-order chi connectivity index (χ0) is 27.6. The van der Waals surface area contributed by atoms with E-state index in [1.165, 1.54) is 35.4 Å². The van der Waals surface area contributed by atoms with E-state index in [4.69, 9.17) is 14.2 Å². The van der Waals surface area contributed by atoms with Gasteiger partial charge in [0.05, 0.1) is 26.8 Å². The molecule has 3 aromatic carbocycles. The van der Waals surface area contributed by atoms with E-state index in [0.29, 0.717) is 44.0 Å². The highest BCUT2D eigenvalue weighted by Crippen LogP contribution is 2.45. The Kier molecular flexibility index (Phi) is 10.5. The number of nitro groups is 1. The summed E-state index contributed by atoms with van der Waals surface area (Å²) in [4.78, 5) is 22.8. The number of non-ortho nitro benzene ring substituents is 1. The second-order valence-corrected chi connectivity index (χ2v) is 11.8. The molecule has 1 heterocycles. The van der Waals surface area contributed by atoms with Gasteiger partial charge in [-0.1, -0.05) is 24.3 Å². The van der Waals surface area contributed by atoms with Crippen LogP contribution in [0.2, 0.25) is 0 Å². The van der Waals surface area contributed by atoms with Crippen LogP contribution in [0.15, 0.2) is 70.2 Å². The fourth-order valence-electron chi connectivity index (χ4n) is 3.61. The summed E-state index contributed by atoms with van der Waals surface area (Å²) in [6.45, 7) is 2.19. The summed E-state index contributed by atoms with van der Waals surface area (Å²) in [6.07, 6.45) is 1.49. The van der Waals surface area contributed by atoms with Gasteiger partial charge in [-0.2, -0.15) is 5.10 Å². The number of benzene rings is 3. The number of carbonyl (C=O) groups is 1. The zero-order valence-corrected chi connectivity index (χ0v) is 24.2. The molecular weight excluding hydrogens is 606 g/mol. The molecule has 0 bridgehead atoms. The van der Waals surface area contributed by atoms with Gasteiger partial charge >= 0.3 is 0 Å². The third-order valence-corrected chi connectivity index (χ3v) is 9.08. The molecule has 4 rings (SSSR count). The Balaban J connectivity index is 1.31. The first-order valence-electron chi connectivity index (χ1n) is 12.0. The molecule has 1 aliphatic heterocycles. The first-order valence-corrected chi connectivity index (χ1v) is 14.9. The molecule has 0 radical (unpaired) electrons. The van der Waals surface area contributed by atoms with Crippen molar-refractivity contribution in [2.24, 2.45) is 5.10 Å². The van der Waals surface area contributed by atoms with E-state index in [1.54, 1.807) is 24.3 Å². The number of halogens is 1. The number of rotatable bonds is 12. The fraction of sp³-hybridized carbons (Fsp3) is 0.259. The van der Waals surface area contributed by atoms with Crippen molar-refractivity contribution in [1.82, 2.24) is 5.43 Å². The highest BCUT2D eigenvalue weighted by Gasteiger charge is 2.18. The zero-order valence-electron chi connectivity index (χ0n) is 21.0. The smallest absolute Gasteiger partial charge is 0.277 e. The molecule has 39 heavy (non-hydrogen) atoms. The summed E-state index contributed by atoms with van der Waals surface area (Å²) in [7, 11) is 0. The summed E-state index contributed by atoms with van der Waals surface area (Å²) in [6, 6.07) is 17.6. The van der Waals surface area contributed by atoms with E-state index < -0.39 is 10.8 Å². The lowest BCUT2D eigenvalue weighted by Crippen LogP contribution is -2.24. The third kappa shape index (κ3) is 8.38. The number of amides is 1. The standard InChI is InChI=1S/C27H26BrN3O6S2/c1-2-35-24-14-19(13-23(28)26(24)37-16-18-4-3-5-21(12-18)31(33)34)15-29-30-25(32)17-36-22-8-6-20(7-9-22)27-38-10-11-39-27/h3-9,12-15,27H,2,10-11,16-17H2,1H3,(H,30,32)/b29-15-. The topological polar surface area (TPSA) is 112 Å². The largest absolute Gasteiger partial charge is 0.490 e. The Labute approximate surface area is 243 Å². The monoisotopic (exact) mass is 631 g/mol. The number of hydrazone groups is 1. The van der Waals surface area contributed by atoms with Gasteiger partial charge in [0.15, 0.2) is 18.1 Å². The second-order valence-electron chi connectivity index (χ2n) is 8.20. The molecule has 1 N–H and O–H groups in total. The van der Waals surface area contributed by atoms with Gasteiger partial charge in [0.1, 0.15) is 12.4 Å². The molecule has 0 unspecified atom stereocenters. The molecule has 1 saturated heterocycles. The first-order chi connectivity index (χ1) is 18.9. The van der Waals surface area contributed by atoms with Crippen LogP contribution in [0.4, 0.5) is 5.69 Å². The highest BCUT2D eigenvalue weighted by molar-refractivity contribution is 9.10. The van der Waals surface area contributed by atoms with Crippen molar-refractivity contribution in [1.29, 1.82) is 0 Å². The van der Waals surface area contributed by atoms with Gasteiger partial charge in [-0.05, 0) is 63.8 Å². The summed E-state index contributed by atoms with van der Waals surface area (Å²) in [5.41, 5.74) is 5.02. The quantitative estimate of drug-likeness (QED) is 0.140. The molecule has 0 spiro atoms. The number of ether oxygens (including phenoxy) is 3. The second kappa shape index (κ2) is 14.2. The number of hydrogen-bond donors (Lipinski definition) is 1. The molecule has 9 nitrogen and oxygen atoms in total. The summed E-state index contributed by atoms with van der Waals surface area (Å²) in [5.74, 6) is 3.48. The Hall–Kier alpha value is -3.22. The molecular formula is C27H26BrN3O6S2. The van der Waals surface area contributed by atoms with Crippen molar-refractivity contribution >= 4 is 57.3 Å². The van der Waals surface area contributed by atoms with Crippen LogP contribution < -0.4 is 19.6 Å². The van der Waals surface area contributed by atoms with Crippen molar-refractivity contribution in [3.63, 3.8) is 0 Å². The molecule has 0 atom stereocenters. The van der Waals surface area contributed by atoms with Gasteiger partial charge in [0.25, 0.3) is 11.6 Å². The van der Waals surface area contributed by atoms with E-state index in [-0.39, 0.29) is 18.9 Å².